The van der Waals surface area contributed by atoms with Crippen molar-refractivity contribution in [1.82, 2.24) is 14.7 Å². The number of nitrogens with zero attached hydrogens (tertiary/aromatic N) is 3. The number of carbonyl (C=O) groups is 2. The number of ether oxygens (including phenoxy) is 1. The number of likely N-dealkylation sites (tertiary alicyclic amines) is 1. The van der Waals surface area contributed by atoms with Crippen molar-refractivity contribution in [2.45, 2.75) is 32.7 Å². The molecule has 3 heterocycles. The third-order valence-electron chi connectivity index (χ3n) is 5.29. The number of amides is 1. The average molecular weight is 363 g/mol. The van der Waals surface area contributed by atoms with Crippen molar-refractivity contribution >= 4 is 11.9 Å². The zero-order valence-corrected chi connectivity index (χ0v) is 15.8. The molecule has 7 heteroatoms. The first-order valence-corrected chi connectivity index (χ1v) is 9.47. The molecule has 1 amide bonds. The van der Waals surface area contributed by atoms with Gasteiger partial charge in [0.15, 0.2) is 0 Å². The molecule has 0 aromatic carbocycles. The lowest BCUT2D eigenvalue weighted by atomic mass is 10.1. The summed E-state index contributed by atoms with van der Waals surface area (Å²) in [5.74, 6) is 1.28. The summed E-state index contributed by atoms with van der Waals surface area (Å²) in [6.45, 7) is 8.34. The van der Waals surface area contributed by atoms with Crippen LogP contribution in [0.25, 0.3) is 0 Å². The van der Waals surface area contributed by atoms with Gasteiger partial charge in [-0.25, -0.2) is 4.79 Å². The van der Waals surface area contributed by atoms with Gasteiger partial charge in [0.2, 0.25) is 5.91 Å². The first kappa shape index (κ1) is 18.9. The Kier molecular flexibility index (Phi) is 6.32. The van der Waals surface area contributed by atoms with E-state index in [2.05, 4.69) is 9.80 Å². The van der Waals surface area contributed by atoms with Crippen LogP contribution < -0.4 is 0 Å². The zero-order chi connectivity index (χ0) is 18.5. The Morgan fingerprint density at radius 2 is 1.69 bits per heavy atom. The van der Waals surface area contributed by atoms with Gasteiger partial charge in [-0.2, -0.15) is 0 Å². The molecule has 7 nitrogen and oxygen atoms in total. The van der Waals surface area contributed by atoms with Crippen LogP contribution in [0.2, 0.25) is 0 Å². The maximum atomic E-state index is 12.4. The van der Waals surface area contributed by atoms with E-state index in [-0.39, 0.29) is 11.9 Å². The van der Waals surface area contributed by atoms with E-state index < -0.39 is 0 Å². The number of piperazine rings is 1. The number of carbonyl (C=O) groups excluding carboxylic acids is 2. The quantitative estimate of drug-likeness (QED) is 0.739. The number of hydrogen-bond acceptors (Lipinski definition) is 6. The normalized spacial score (nSPS) is 19.5. The van der Waals surface area contributed by atoms with Crippen LogP contribution in [0.5, 0.6) is 0 Å². The van der Waals surface area contributed by atoms with Crippen molar-refractivity contribution in [3.05, 3.63) is 23.2 Å². The molecule has 0 unspecified atom stereocenters. The molecule has 0 aliphatic carbocycles. The predicted octanol–water partition coefficient (Wildman–Crippen LogP) is 1.50. The average Bonchev–Trinajstić information content (AvgIpc) is 3.03. The Morgan fingerprint density at radius 1 is 1.04 bits per heavy atom. The molecule has 0 radical (unpaired) electrons. The lowest BCUT2D eigenvalue weighted by Crippen LogP contribution is -2.50. The largest absolute Gasteiger partial charge is 0.465 e. The van der Waals surface area contributed by atoms with Gasteiger partial charge in [0, 0.05) is 39.3 Å². The van der Waals surface area contributed by atoms with Gasteiger partial charge >= 0.3 is 5.97 Å². The van der Waals surface area contributed by atoms with E-state index in [0.717, 1.165) is 57.9 Å². The van der Waals surface area contributed by atoms with E-state index in [1.54, 1.807) is 13.0 Å². The Balaban J connectivity index is 1.45. The lowest BCUT2D eigenvalue weighted by Gasteiger charge is -2.35. The Bertz CT molecular complexity index is 629. The molecule has 0 saturated carbocycles. The monoisotopic (exact) mass is 363 g/mol. The van der Waals surface area contributed by atoms with Crippen molar-refractivity contribution in [3.8, 4) is 0 Å². The molecule has 1 aromatic rings. The highest BCUT2D eigenvalue weighted by atomic mass is 16.5. The first-order chi connectivity index (χ1) is 12.6. The molecule has 26 heavy (non-hydrogen) atoms. The van der Waals surface area contributed by atoms with Gasteiger partial charge in [-0.1, -0.05) is 0 Å². The molecule has 144 valence electrons. The van der Waals surface area contributed by atoms with E-state index in [9.17, 15) is 9.59 Å². The van der Waals surface area contributed by atoms with Crippen LogP contribution in [0.3, 0.4) is 0 Å². The van der Waals surface area contributed by atoms with Crippen molar-refractivity contribution in [3.63, 3.8) is 0 Å². The Labute approximate surface area is 154 Å². The minimum atomic E-state index is -0.362. The molecule has 0 N–H and O–H groups in total. The maximum Gasteiger partial charge on any atom is 0.341 e. The SMILES string of the molecule is COC(=O)c1cc(CN2CCN(CC(=O)N3CCCCC3)CC2)oc1C. The fourth-order valence-corrected chi connectivity index (χ4v) is 3.69. The number of furan rings is 1. The summed E-state index contributed by atoms with van der Waals surface area (Å²) in [5.41, 5.74) is 0.494. The van der Waals surface area contributed by atoms with Crippen LogP contribution >= 0.6 is 0 Å². The van der Waals surface area contributed by atoms with Gasteiger partial charge in [0.25, 0.3) is 0 Å². The molecule has 2 fully saturated rings. The molecular weight excluding hydrogens is 334 g/mol. The van der Waals surface area contributed by atoms with Crippen LogP contribution in [0, 0.1) is 6.92 Å². The Hall–Kier alpha value is -1.86. The third kappa shape index (κ3) is 4.65. The van der Waals surface area contributed by atoms with Crippen LogP contribution in [-0.4, -0.2) is 79.5 Å². The van der Waals surface area contributed by atoms with Crippen LogP contribution in [-0.2, 0) is 16.1 Å². The second-order valence-corrected chi connectivity index (χ2v) is 7.17. The smallest absolute Gasteiger partial charge is 0.341 e. The third-order valence-corrected chi connectivity index (χ3v) is 5.29. The van der Waals surface area contributed by atoms with Gasteiger partial charge in [0.05, 0.1) is 20.2 Å². The second-order valence-electron chi connectivity index (χ2n) is 7.17. The van der Waals surface area contributed by atoms with E-state index in [1.165, 1.54) is 13.5 Å². The highest BCUT2D eigenvalue weighted by molar-refractivity contribution is 5.90. The molecular formula is C19H29N3O4. The Morgan fingerprint density at radius 3 is 2.35 bits per heavy atom. The second kappa shape index (κ2) is 8.68. The summed E-state index contributed by atoms with van der Waals surface area (Å²) in [4.78, 5) is 30.6. The molecule has 2 aliphatic heterocycles. The molecule has 0 bridgehead atoms. The van der Waals surface area contributed by atoms with Gasteiger partial charge < -0.3 is 14.1 Å². The van der Waals surface area contributed by atoms with Crippen molar-refractivity contribution in [1.29, 1.82) is 0 Å². The van der Waals surface area contributed by atoms with Crippen LogP contribution in [0.4, 0.5) is 0 Å². The summed E-state index contributed by atoms with van der Waals surface area (Å²) < 4.78 is 10.5. The summed E-state index contributed by atoms with van der Waals surface area (Å²) in [6, 6.07) is 1.77. The van der Waals surface area contributed by atoms with Gasteiger partial charge in [-0.3, -0.25) is 14.6 Å². The first-order valence-electron chi connectivity index (χ1n) is 9.47. The van der Waals surface area contributed by atoms with Crippen LogP contribution in [0.15, 0.2) is 10.5 Å². The molecule has 0 spiro atoms. The fourth-order valence-electron chi connectivity index (χ4n) is 3.69. The summed E-state index contributed by atoms with van der Waals surface area (Å²) in [6.07, 6.45) is 3.51. The van der Waals surface area contributed by atoms with Gasteiger partial charge in [-0.05, 0) is 32.3 Å². The van der Waals surface area contributed by atoms with Crippen molar-refractivity contribution in [2.75, 3.05) is 52.9 Å². The number of methoxy groups -OCH3 is 1. The van der Waals surface area contributed by atoms with Crippen molar-refractivity contribution in [2.24, 2.45) is 0 Å². The molecule has 2 saturated heterocycles. The van der Waals surface area contributed by atoms with E-state index in [1.807, 2.05) is 4.90 Å². The van der Waals surface area contributed by atoms with Gasteiger partial charge in [-0.15, -0.1) is 0 Å². The standard InChI is InChI=1S/C19H29N3O4/c1-15-17(19(24)25-2)12-16(26-15)13-20-8-10-21(11-9-20)14-18(23)22-6-4-3-5-7-22/h12H,3-11,13-14H2,1-2H3. The fraction of sp³-hybridized carbons (Fsp3) is 0.684. The van der Waals surface area contributed by atoms with Crippen LogP contribution in [0.1, 0.15) is 41.1 Å². The highest BCUT2D eigenvalue weighted by Crippen LogP contribution is 2.18. The summed E-state index contributed by atoms with van der Waals surface area (Å²) in [5, 5.41) is 0. The summed E-state index contributed by atoms with van der Waals surface area (Å²) in [7, 11) is 1.37. The number of rotatable bonds is 5. The number of hydrogen-bond donors (Lipinski definition) is 0. The molecule has 0 atom stereocenters. The maximum absolute atomic E-state index is 12.4. The van der Waals surface area contributed by atoms with E-state index in [4.69, 9.17) is 9.15 Å². The van der Waals surface area contributed by atoms with Crippen molar-refractivity contribution < 1.29 is 18.7 Å². The number of aryl methyl sites for hydroxylation is 1. The lowest BCUT2D eigenvalue weighted by molar-refractivity contribution is -0.133. The number of esters is 1. The predicted molar refractivity (Wildman–Crippen MR) is 96.9 cm³/mol. The zero-order valence-electron chi connectivity index (χ0n) is 15.8. The van der Waals surface area contributed by atoms with Gasteiger partial charge in [0.1, 0.15) is 17.1 Å². The molecule has 2 aliphatic rings. The molecule has 1 aromatic heterocycles. The summed E-state index contributed by atoms with van der Waals surface area (Å²) >= 11 is 0. The van der Waals surface area contributed by atoms with E-state index >= 15 is 0 Å². The molecule has 3 rings (SSSR count). The minimum absolute atomic E-state index is 0.266. The minimum Gasteiger partial charge on any atom is -0.465 e. The van der Waals surface area contributed by atoms with E-state index in [0.29, 0.717) is 24.4 Å². The highest BCUT2D eigenvalue weighted by Gasteiger charge is 2.24. The number of piperidine rings is 1. The topological polar surface area (TPSA) is 66.2 Å².